The zero-order valence-electron chi connectivity index (χ0n) is 18.3. The third-order valence-corrected chi connectivity index (χ3v) is 6.87. The van der Waals surface area contributed by atoms with Crippen LogP contribution in [0, 0.1) is 25.7 Å². The Labute approximate surface area is 175 Å². The van der Waals surface area contributed by atoms with Gasteiger partial charge in [0.25, 0.3) is 11.8 Å². The Morgan fingerprint density at radius 1 is 0.897 bits per heavy atom. The largest absolute Gasteiger partial charge is 0.366 e. The Hall–Kier alpha value is -2.10. The molecule has 2 aliphatic heterocycles. The summed E-state index contributed by atoms with van der Waals surface area (Å²) in [4.78, 5) is 31.2. The van der Waals surface area contributed by atoms with Crippen molar-refractivity contribution in [2.24, 2.45) is 11.8 Å². The highest BCUT2D eigenvalue weighted by Gasteiger charge is 2.46. The molecular formula is C25H34N2O2. The van der Waals surface area contributed by atoms with Crippen LogP contribution in [-0.4, -0.2) is 40.7 Å². The molecule has 2 heterocycles. The summed E-state index contributed by atoms with van der Waals surface area (Å²) in [5.41, 5.74) is 4.47. The minimum atomic E-state index is -0.0743. The van der Waals surface area contributed by atoms with Gasteiger partial charge in [0, 0.05) is 19.1 Å². The maximum absolute atomic E-state index is 13.7. The molecule has 2 fully saturated rings. The molecule has 0 spiro atoms. The summed E-state index contributed by atoms with van der Waals surface area (Å²) in [5.74, 6) is 0.921. The van der Waals surface area contributed by atoms with Crippen LogP contribution >= 0.6 is 0 Å². The number of hydrogen-bond donors (Lipinski definition) is 0. The molecular weight excluding hydrogens is 360 g/mol. The van der Waals surface area contributed by atoms with Crippen LogP contribution in [0.3, 0.4) is 0 Å². The summed E-state index contributed by atoms with van der Waals surface area (Å²) >= 11 is 0. The van der Waals surface area contributed by atoms with Gasteiger partial charge in [0.05, 0.1) is 5.57 Å². The van der Waals surface area contributed by atoms with Crippen LogP contribution in [0.2, 0.25) is 0 Å². The summed E-state index contributed by atoms with van der Waals surface area (Å²) < 4.78 is 0. The molecule has 0 radical (unpaired) electrons. The van der Waals surface area contributed by atoms with E-state index in [4.69, 9.17) is 0 Å². The molecule has 0 aromatic heterocycles. The van der Waals surface area contributed by atoms with Crippen LogP contribution in [0.1, 0.15) is 69.1 Å². The van der Waals surface area contributed by atoms with Crippen molar-refractivity contribution in [3.8, 4) is 0 Å². The molecule has 4 heteroatoms. The number of carbonyl (C=O) groups excluding carboxylic acids is 2. The number of aryl methyl sites for hydroxylation is 2. The number of likely N-dealkylation sites (tertiary alicyclic amines) is 1. The number of nitrogens with zero attached hydrogens (tertiary/aromatic N) is 2. The number of benzene rings is 1. The topological polar surface area (TPSA) is 40.6 Å². The van der Waals surface area contributed by atoms with E-state index in [1.165, 1.54) is 18.4 Å². The van der Waals surface area contributed by atoms with Gasteiger partial charge in [-0.05, 0) is 56.1 Å². The number of imide groups is 1. The van der Waals surface area contributed by atoms with Gasteiger partial charge in [-0.25, -0.2) is 0 Å². The lowest BCUT2D eigenvalue weighted by Gasteiger charge is -2.37. The lowest BCUT2D eigenvalue weighted by Crippen LogP contribution is -2.45. The molecule has 2 unspecified atom stereocenters. The van der Waals surface area contributed by atoms with E-state index in [2.05, 4.69) is 44.7 Å². The van der Waals surface area contributed by atoms with Crippen molar-refractivity contribution in [1.82, 2.24) is 9.80 Å². The van der Waals surface area contributed by atoms with E-state index in [0.717, 1.165) is 49.9 Å². The second-order valence-electron chi connectivity index (χ2n) is 9.67. The molecule has 1 saturated heterocycles. The van der Waals surface area contributed by atoms with Crippen LogP contribution in [0.25, 0.3) is 5.57 Å². The fourth-order valence-electron chi connectivity index (χ4n) is 5.68. The summed E-state index contributed by atoms with van der Waals surface area (Å²) in [6.07, 6.45) is 6.48. The monoisotopic (exact) mass is 394 g/mol. The smallest absolute Gasteiger partial charge is 0.278 e. The second-order valence-corrected chi connectivity index (χ2v) is 9.67. The summed E-state index contributed by atoms with van der Waals surface area (Å²) in [6.45, 7) is 10.3. The number of amides is 2. The van der Waals surface area contributed by atoms with Gasteiger partial charge >= 0.3 is 0 Å². The molecule has 2 amide bonds. The molecule has 1 aromatic carbocycles. The van der Waals surface area contributed by atoms with Crippen molar-refractivity contribution < 1.29 is 9.59 Å². The standard InChI is InChI=1S/C25H34N2O2/c1-16-10-11-21(19(4)13-16)22-23(26-14-17(2)12-18(3)15-26)25(29)27(24(22)28)20-8-6-5-7-9-20/h10-11,13,17-18,20H,5-9,12,14-15H2,1-4H3. The molecule has 156 valence electrons. The van der Waals surface area contributed by atoms with Crippen molar-refractivity contribution in [2.75, 3.05) is 13.1 Å². The van der Waals surface area contributed by atoms with Crippen LogP contribution < -0.4 is 0 Å². The highest BCUT2D eigenvalue weighted by Crippen LogP contribution is 2.39. The second kappa shape index (κ2) is 7.97. The van der Waals surface area contributed by atoms with Gasteiger partial charge in [-0.1, -0.05) is 56.9 Å². The first-order chi connectivity index (χ1) is 13.9. The molecule has 29 heavy (non-hydrogen) atoms. The van der Waals surface area contributed by atoms with Gasteiger partial charge in [0.2, 0.25) is 0 Å². The van der Waals surface area contributed by atoms with Crippen LogP contribution in [-0.2, 0) is 9.59 Å². The first kappa shape index (κ1) is 20.2. The lowest BCUT2D eigenvalue weighted by molar-refractivity contribution is -0.141. The van der Waals surface area contributed by atoms with Crippen molar-refractivity contribution in [1.29, 1.82) is 0 Å². The Morgan fingerprint density at radius 2 is 1.55 bits per heavy atom. The Bertz CT molecular complexity index is 840. The average Bonchev–Trinajstić information content (AvgIpc) is 2.92. The number of rotatable bonds is 3. The number of piperidine rings is 1. The zero-order valence-corrected chi connectivity index (χ0v) is 18.3. The molecule has 0 N–H and O–H groups in total. The Morgan fingerprint density at radius 3 is 2.17 bits per heavy atom. The van der Waals surface area contributed by atoms with E-state index in [1.54, 1.807) is 4.90 Å². The van der Waals surface area contributed by atoms with Crippen molar-refractivity contribution in [3.63, 3.8) is 0 Å². The SMILES string of the molecule is Cc1ccc(C2=C(N3CC(C)CC(C)C3)C(=O)N(C3CCCCC3)C2=O)c(C)c1. The van der Waals surface area contributed by atoms with E-state index in [0.29, 0.717) is 23.1 Å². The molecule has 1 aromatic rings. The molecule has 4 rings (SSSR count). The maximum Gasteiger partial charge on any atom is 0.278 e. The highest BCUT2D eigenvalue weighted by atomic mass is 16.2. The van der Waals surface area contributed by atoms with E-state index in [-0.39, 0.29) is 17.9 Å². The van der Waals surface area contributed by atoms with Gasteiger partial charge in [-0.2, -0.15) is 0 Å². The molecule has 2 atom stereocenters. The fraction of sp³-hybridized carbons (Fsp3) is 0.600. The molecule has 1 aliphatic carbocycles. The summed E-state index contributed by atoms with van der Waals surface area (Å²) in [6, 6.07) is 6.26. The zero-order chi connectivity index (χ0) is 20.7. The van der Waals surface area contributed by atoms with Crippen LogP contribution in [0.4, 0.5) is 0 Å². The van der Waals surface area contributed by atoms with Gasteiger partial charge in [0.15, 0.2) is 0 Å². The molecule has 0 bridgehead atoms. The average molecular weight is 395 g/mol. The predicted molar refractivity (Wildman–Crippen MR) is 116 cm³/mol. The highest BCUT2D eigenvalue weighted by molar-refractivity contribution is 6.36. The minimum Gasteiger partial charge on any atom is -0.366 e. The van der Waals surface area contributed by atoms with Crippen molar-refractivity contribution in [2.45, 2.75) is 72.3 Å². The van der Waals surface area contributed by atoms with Crippen molar-refractivity contribution in [3.05, 3.63) is 40.6 Å². The first-order valence-electron chi connectivity index (χ1n) is 11.3. The quantitative estimate of drug-likeness (QED) is 0.698. The summed E-state index contributed by atoms with van der Waals surface area (Å²) in [7, 11) is 0. The van der Waals surface area contributed by atoms with Gasteiger partial charge in [-0.15, -0.1) is 0 Å². The fourth-order valence-corrected chi connectivity index (χ4v) is 5.68. The molecule has 1 saturated carbocycles. The van der Waals surface area contributed by atoms with Gasteiger partial charge < -0.3 is 4.90 Å². The molecule has 3 aliphatic rings. The third-order valence-electron chi connectivity index (χ3n) is 6.87. The predicted octanol–water partition coefficient (Wildman–Crippen LogP) is 4.69. The first-order valence-corrected chi connectivity index (χ1v) is 11.3. The lowest BCUT2D eigenvalue weighted by atomic mass is 9.90. The van der Waals surface area contributed by atoms with E-state index in [9.17, 15) is 9.59 Å². The Balaban J connectivity index is 1.80. The van der Waals surface area contributed by atoms with E-state index < -0.39 is 0 Å². The van der Waals surface area contributed by atoms with Gasteiger partial charge in [-0.3, -0.25) is 14.5 Å². The molecule has 4 nitrogen and oxygen atoms in total. The summed E-state index contributed by atoms with van der Waals surface area (Å²) in [5, 5.41) is 0. The van der Waals surface area contributed by atoms with E-state index >= 15 is 0 Å². The third kappa shape index (κ3) is 3.74. The van der Waals surface area contributed by atoms with Crippen LogP contribution in [0.15, 0.2) is 23.9 Å². The maximum atomic E-state index is 13.7. The number of carbonyl (C=O) groups is 2. The normalized spacial score (nSPS) is 26.6. The number of hydrogen-bond acceptors (Lipinski definition) is 3. The minimum absolute atomic E-state index is 0.0571. The van der Waals surface area contributed by atoms with Crippen LogP contribution in [0.5, 0.6) is 0 Å². The van der Waals surface area contributed by atoms with Crippen molar-refractivity contribution >= 4 is 17.4 Å². The Kier molecular flexibility index (Phi) is 5.54. The van der Waals surface area contributed by atoms with Gasteiger partial charge in [0.1, 0.15) is 5.70 Å². The van der Waals surface area contributed by atoms with E-state index in [1.807, 2.05) is 6.07 Å².